The Morgan fingerprint density at radius 3 is 2.58 bits per heavy atom. The van der Waals surface area contributed by atoms with E-state index in [1.807, 2.05) is 0 Å². The largest absolute Gasteiger partial charge is 0.418 e. The quantitative estimate of drug-likeness (QED) is 0.835. The molecule has 0 atom stereocenters. The molecule has 0 amide bonds. The minimum Gasteiger partial charge on any atom is -0.264 e. The molecule has 0 unspecified atom stereocenters. The molecule has 0 aliphatic rings. The molecule has 2 aromatic rings. The third kappa shape index (κ3) is 2.88. The van der Waals surface area contributed by atoms with Crippen molar-refractivity contribution in [1.82, 2.24) is 9.97 Å². The van der Waals surface area contributed by atoms with Crippen molar-refractivity contribution in [1.29, 1.82) is 5.26 Å². The number of hydrogen-bond donors (Lipinski definition) is 0. The fourth-order valence-electron chi connectivity index (χ4n) is 1.65. The van der Waals surface area contributed by atoms with Gasteiger partial charge in [-0.05, 0) is 12.1 Å². The lowest BCUT2D eigenvalue weighted by Crippen LogP contribution is -2.11. The lowest BCUT2D eigenvalue weighted by Gasteiger charge is -2.12. The molecule has 0 aliphatic carbocycles. The molecular weight excluding hydrogens is 255 g/mol. The summed E-state index contributed by atoms with van der Waals surface area (Å²) in [4.78, 5) is 7.59. The molecule has 6 heteroatoms. The Morgan fingerprint density at radius 1 is 1.21 bits per heavy atom. The van der Waals surface area contributed by atoms with E-state index in [0.29, 0.717) is 11.1 Å². The number of aromatic nitrogens is 2. The van der Waals surface area contributed by atoms with Gasteiger partial charge in [0.15, 0.2) is 0 Å². The third-order valence-electron chi connectivity index (χ3n) is 2.52. The Hall–Kier alpha value is -2.42. The molecule has 3 nitrogen and oxygen atoms in total. The van der Waals surface area contributed by atoms with Crippen LogP contribution in [-0.4, -0.2) is 9.97 Å². The monoisotopic (exact) mass is 263 g/mol. The minimum atomic E-state index is -4.53. The van der Waals surface area contributed by atoms with Crippen LogP contribution in [0.25, 0.3) is 11.1 Å². The predicted octanol–water partition coefficient (Wildman–Crippen LogP) is 3.23. The van der Waals surface area contributed by atoms with E-state index in [4.69, 9.17) is 5.26 Å². The van der Waals surface area contributed by atoms with Gasteiger partial charge in [0.25, 0.3) is 0 Å². The van der Waals surface area contributed by atoms with Crippen LogP contribution in [0.2, 0.25) is 0 Å². The standard InChI is InChI=1S/C13H8F3N3/c14-13(15,16)11-6-10(8-19-12(11)3-4-17)9-2-1-5-18-7-9/h1-2,5-8H,3H2. The topological polar surface area (TPSA) is 49.6 Å². The van der Waals surface area contributed by atoms with Gasteiger partial charge in [0.05, 0.1) is 23.7 Å². The number of nitriles is 1. The van der Waals surface area contributed by atoms with Crippen molar-refractivity contribution >= 4 is 0 Å². The molecule has 2 rings (SSSR count). The van der Waals surface area contributed by atoms with Gasteiger partial charge in [-0.15, -0.1) is 0 Å². The van der Waals surface area contributed by atoms with Gasteiger partial charge in [-0.25, -0.2) is 0 Å². The summed E-state index contributed by atoms with van der Waals surface area (Å²) in [5.74, 6) is 0. The maximum Gasteiger partial charge on any atom is 0.418 e. The molecule has 96 valence electrons. The van der Waals surface area contributed by atoms with E-state index in [9.17, 15) is 13.2 Å². The maximum atomic E-state index is 12.9. The van der Waals surface area contributed by atoms with E-state index < -0.39 is 11.7 Å². The Kier molecular flexibility index (Phi) is 3.47. The predicted molar refractivity (Wildman–Crippen MR) is 61.8 cm³/mol. The van der Waals surface area contributed by atoms with Gasteiger partial charge in [-0.1, -0.05) is 6.07 Å². The number of halogens is 3. The van der Waals surface area contributed by atoms with E-state index >= 15 is 0 Å². The average molecular weight is 263 g/mol. The second kappa shape index (κ2) is 5.06. The van der Waals surface area contributed by atoms with Crippen LogP contribution in [0.3, 0.4) is 0 Å². The molecule has 0 saturated heterocycles. The summed E-state index contributed by atoms with van der Waals surface area (Å²) < 4.78 is 38.7. The van der Waals surface area contributed by atoms with Gasteiger partial charge in [0.1, 0.15) is 0 Å². The molecule has 0 fully saturated rings. The zero-order chi connectivity index (χ0) is 13.9. The van der Waals surface area contributed by atoms with E-state index in [2.05, 4.69) is 9.97 Å². The third-order valence-corrected chi connectivity index (χ3v) is 2.52. The van der Waals surface area contributed by atoms with Crippen molar-refractivity contribution in [2.45, 2.75) is 12.6 Å². The van der Waals surface area contributed by atoms with Gasteiger partial charge in [-0.2, -0.15) is 18.4 Å². The van der Waals surface area contributed by atoms with Gasteiger partial charge < -0.3 is 0 Å². The highest BCUT2D eigenvalue weighted by Gasteiger charge is 2.34. The highest BCUT2D eigenvalue weighted by atomic mass is 19.4. The van der Waals surface area contributed by atoms with Crippen LogP contribution in [0.1, 0.15) is 11.3 Å². The van der Waals surface area contributed by atoms with E-state index in [1.54, 1.807) is 18.2 Å². The summed E-state index contributed by atoms with van der Waals surface area (Å²) in [5.41, 5.74) is -0.274. The highest BCUT2D eigenvalue weighted by Crippen LogP contribution is 2.33. The summed E-state index contributed by atoms with van der Waals surface area (Å²) >= 11 is 0. The van der Waals surface area contributed by atoms with E-state index in [0.717, 1.165) is 6.07 Å². The van der Waals surface area contributed by atoms with Crippen molar-refractivity contribution in [3.8, 4) is 17.2 Å². The van der Waals surface area contributed by atoms with Gasteiger partial charge >= 0.3 is 6.18 Å². The first-order chi connectivity index (χ1) is 9.02. The van der Waals surface area contributed by atoms with Crippen LogP contribution in [0, 0.1) is 11.3 Å². The zero-order valence-electron chi connectivity index (χ0n) is 9.65. The fourth-order valence-corrected chi connectivity index (χ4v) is 1.65. The Morgan fingerprint density at radius 2 is 2.00 bits per heavy atom. The van der Waals surface area contributed by atoms with Crippen LogP contribution in [-0.2, 0) is 12.6 Å². The number of hydrogen-bond acceptors (Lipinski definition) is 3. The first-order valence-electron chi connectivity index (χ1n) is 5.36. The number of alkyl halides is 3. The fraction of sp³-hybridized carbons (Fsp3) is 0.154. The summed E-state index contributed by atoms with van der Waals surface area (Å²) in [7, 11) is 0. The molecule has 2 aromatic heterocycles. The van der Waals surface area contributed by atoms with E-state index in [-0.39, 0.29) is 12.1 Å². The minimum absolute atomic E-state index is 0.261. The smallest absolute Gasteiger partial charge is 0.264 e. The average Bonchev–Trinajstić information content (AvgIpc) is 2.39. The maximum absolute atomic E-state index is 12.9. The molecule has 0 bridgehead atoms. The van der Waals surface area contributed by atoms with Crippen molar-refractivity contribution in [3.05, 3.63) is 48.0 Å². The Labute approximate surface area is 107 Å². The normalized spacial score (nSPS) is 11.1. The second-order valence-electron chi connectivity index (χ2n) is 3.79. The van der Waals surface area contributed by atoms with Crippen LogP contribution < -0.4 is 0 Å². The van der Waals surface area contributed by atoms with Crippen molar-refractivity contribution < 1.29 is 13.2 Å². The Bertz CT molecular complexity index is 615. The molecule has 0 radical (unpaired) electrons. The van der Waals surface area contributed by atoms with Crippen molar-refractivity contribution in [2.24, 2.45) is 0 Å². The number of nitrogens with zero attached hydrogens (tertiary/aromatic N) is 3. The lowest BCUT2D eigenvalue weighted by molar-refractivity contribution is -0.138. The van der Waals surface area contributed by atoms with Gasteiger partial charge in [0.2, 0.25) is 0 Å². The molecule has 0 spiro atoms. The van der Waals surface area contributed by atoms with Crippen molar-refractivity contribution in [3.63, 3.8) is 0 Å². The van der Waals surface area contributed by atoms with Crippen LogP contribution >= 0.6 is 0 Å². The first kappa shape index (κ1) is 13.0. The molecule has 0 N–H and O–H groups in total. The lowest BCUT2D eigenvalue weighted by atomic mass is 10.0. The zero-order valence-corrected chi connectivity index (χ0v) is 9.65. The first-order valence-corrected chi connectivity index (χ1v) is 5.36. The molecule has 2 heterocycles. The number of rotatable bonds is 2. The van der Waals surface area contributed by atoms with Gasteiger partial charge in [-0.3, -0.25) is 9.97 Å². The molecule has 0 aliphatic heterocycles. The summed E-state index contributed by atoms with van der Waals surface area (Å²) in [6, 6.07) is 5.96. The highest BCUT2D eigenvalue weighted by molar-refractivity contribution is 5.62. The molecule has 0 saturated carbocycles. The SMILES string of the molecule is N#CCc1ncc(-c2cccnc2)cc1C(F)(F)F. The summed E-state index contributed by atoms with van der Waals surface area (Å²) in [6.07, 6.45) is -0.592. The van der Waals surface area contributed by atoms with Crippen LogP contribution in [0.4, 0.5) is 13.2 Å². The summed E-state index contributed by atoms with van der Waals surface area (Å²) in [6.45, 7) is 0. The summed E-state index contributed by atoms with van der Waals surface area (Å²) in [5, 5.41) is 8.53. The van der Waals surface area contributed by atoms with Gasteiger partial charge in [0, 0.05) is 29.7 Å². The molecule has 19 heavy (non-hydrogen) atoms. The number of pyridine rings is 2. The molecule has 0 aromatic carbocycles. The van der Waals surface area contributed by atoms with Crippen LogP contribution in [0.15, 0.2) is 36.8 Å². The Balaban J connectivity index is 2.54. The van der Waals surface area contributed by atoms with E-state index in [1.165, 1.54) is 18.6 Å². The molecular formula is C13H8F3N3. The van der Waals surface area contributed by atoms with Crippen LogP contribution in [0.5, 0.6) is 0 Å². The van der Waals surface area contributed by atoms with Crippen molar-refractivity contribution in [2.75, 3.05) is 0 Å². The second-order valence-corrected chi connectivity index (χ2v) is 3.79.